The molecule has 0 spiro atoms. The molecule has 27 heavy (non-hydrogen) atoms. The SMILES string of the molecule is CS(=O)(=O)N1CCCC(Nc2nc(-c3ccccc3)c3ccccc3n2)C1. The summed E-state index contributed by atoms with van der Waals surface area (Å²) in [6.07, 6.45) is 2.97. The van der Waals surface area contributed by atoms with Crippen molar-refractivity contribution < 1.29 is 8.42 Å². The zero-order valence-electron chi connectivity index (χ0n) is 15.2. The zero-order valence-corrected chi connectivity index (χ0v) is 16.0. The van der Waals surface area contributed by atoms with Gasteiger partial charge < -0.3 is 5.32 Å². The van der Waals surface area contributed by atoms with Crippen LogP contribution in [0.3, 0.4) is 0 Å². The van der Waals surface area contributed by atoms with Crippen molar-refractivity contribution in [1.29, 1.82) is 0 Å². The lowest BCUT2D eigenvalue weighted by Crippen LogP contribution is -2.44. The van der Waals surface area contributed by atoms with E-state index in [1.165, 1.54) is 10.6 Å². The highest BCUT2D eigenvalue weighted by Crippen LogP contribution is 2.27. The number of nitrogens with one attached hydrogen (secondary N) is 1. The molecular weight excluding hydrogens is 360 g/mol. The Bertz CT molecular complexity index is 1050. The van der Waals surface area contributed by atoms with E-state index in [9.17, 15) is 8.42 Å². The molecule has 1 aliphatic heterocycles. The van der Waals surface area contributed by atoms with Crippen molar-refractivity contribution in [3.05, 3.63) is 54.6 Å². The summed E-state index contributed by atoms with van der Waals surface area (Å²) >= 11 is 0. The van der Waals surface area contributed by atoms with Gasteiger partial charge in [-0.05, 0) is 18.9 Å². The van der Waals surface area contributed by atoms with E-state index in [2.05, 4.69) is 10.3 Å². The number of piperidine rings is 1. The van der Waals surface area contributed by atoms with Gasteiger partial charge in [-0.15, -0.1) is 0 Å². The molecule has 3 aromatic rings. The van der Waals surface area contributed by atoms with Gasteiger partial charge in [0, 0.05) is 30.1 Å². The lowest BCUT2D eigenvalue weighted by atomic mass is 10.1. The van der Waals surface area contributed by atoms with E-state index in [1.54, 1.807) is 0 Å². The summed E-state index contributed by atoms with van der Waals surface area (Å²) in [5, 5.41) is 4.35. The Kier molecular flexibility index (Phi) is 4.80. The highest BCUT2D eigenvalue weighted by Gasteiger charge is 2.26. The number of aromatic nitrogens is 2. The maximum absolute atomic E-state index is 11.9. The molecule has 0 saturated carbocycles. The summed E-state index contributed by atoms with van der Waals surface area (Å²) < 4.78 is 25.3. The fraction of sp³-hybridized carbons (Fsp3) is 0.300. The smallest absolute Gasteiger partial charge is 0.224 e. The normalized spacial score (nSPS) is 18.5. The number of para-hydroxylation sites is 1. The summed E-state index contributed by atoms with van der Waals surface area (Å²) in [5.41, 5.74) is 2.77. The highest BCUT2D eigenvalue weighted by molar-refractivity contribution is 7.88. The molecule has 2 heterocycles. The molecule has 4 rings (SSSR count). The quantitative estimate of drug-likeness (QED) is 0.750. The van der Waals surface area contributed by atoms with Crippen molar-refractivity contribution in [2.24, 2.45) is 0 Å². The van der Waals surface area contributed by atoms with Gasteiger partial charge in [-0.2, -0.15) is 0 Å². The molecule has 1 N–H and O–H groups in total. The topological polar surface area (TPSA) is 75.2 Å². The molecule has 1 aliphatic rings. The van der Waals surface area contributed by atoms with Crippen LogP contribution in [-0.2, 0) is 10.0 Å². The Morgan fingerprint density at radius 2 is 1.78 bits per heavy atom. The number of anilines is 1. The third-order valence-corrected chi connectivity index (χ3v) is 6.11. The first-order chi connectivity index (χ1) is 13.0. The molecule has 1 atom stereocenters. The predicted molar refractivity (Wildman–Crippen MR) is 108 cm³/mol. The Morgan fingerprint density at radius 1 is 1.04 bits per heavy atom. The zero-order chi connectivity index (χ0) is 18.9. The summed E-state index contributed by atoms with van der Waals surface area (Å²) in [7, 11) is -3.18. The third kappa shape index (κ3) is 3.94. The van der Waals surface area contributed by atoms with Gasteiger partial charge in [-0.25, -0.2) is 22.7 Å². The summed E-state index contributed by atoms with van der Waals surface area (Å²) in [5.74, 6) is 0.535. The van der Waals surface area contributed by atoms with E-state index in [-0.39, 0.29) is 6.04 Å². The monoisotopic (exact) mass is 382 g/mol. The van der Waals surface area contributed by atoms with E-state index in [0.29, 0.717) is 19.0 Å². The molecule has 0 aliphatic carbocycles. The molecule has 0 amide bonds. The van der Waals surface area contributed by atoms with Crippen molar-refractivity contribution in [2.45, 2.75) is 18.9 Å². The van der Waals surface area contributed by atoms with Gasteiger partial charge in [0.05, 0.1) is 17.5 Å². The van der Waals surface area contributed by atoms with Crippen LogP contribution in [0.5, 0.6) is 0 Å². The van der Waals surface area contributed by atoms with Crippen LogP contribution in [0.1, 0.15) is 12.8 Å². The largest absolute Gasteiger partial charge is 0.350 e. The minimum atomic E-state index is -3.18. The van der Waals surface area contributed by atoms with Gasteiger partial charge >= 0.3 is 0 Å². The van der Waals surface area contributed by atoms with Gasteiger partial charge in [0.2, 0.25) is 16.0 Å². The molecule has 7 heteroatoms. The Labute approximate surface area is 159 Å². The minimum Gasteiger partial charge on any atom is -0.350 e. The fourth-order valence-electron chi connectivity index (χ4n) is 3.50. The summed E-state index contributed by atoms with van der Waals surface area (Å²) in [6.45, 7) is 1.01. The van der Waals surface area contributed by atoms with Crippen molar-refractivity contribution in [2.75, 3.05) is 24.7 Å². The lowest BCUT2D eigenvalue weighted by Gasteiger charge is -2.31. The average molecular weight is 382 g/mol. The van der Waals surface area contributed by atoms with E-state index < -0.39 is 10.0 Å². The van der Waals surface area contributed by atoms with Crippen molar-refractivity contribution >= 4 is 26.9 Å². The number of hydrogen-bond donors (Lipinski definition) is 1. The second kappa shape index (κ2) is 7.25. The highest BCUT2D eigenvalue weighted by atomic mass is 32.2. The van der Waals surface area contributed by atoms with Crippen LogP contribution in [0.15, 0.2) is 54.6 Å². The molecule has 1 fully saturated rings. The first kappa shape index (κ1) is 17.9. The molecule has 0 bridgehead atoms. The Hall–Kier alpha value is -2.51. The second-order valence-electron chi connectivity index (χ2n) is 6.88. The van der Waals surface area contributed by atoms with Crippen LogP contribution >= 0.6 is 0 Å². The minimum absolute atomic E-state index is 0.00161. The fourth-order valence-corrected chi connectivity index (χ4v) is 4.41. The van der Waals surface area contributed by atoms with E-state index in [1.807, 2.05) is 54.6 Å². The molecule has 2 aromatic carbocycles. The number of nitrogens with zero attached hydrogens (tertiary/aromatic N) is 3. The number of rotatable bonds is 4. The predicted octanol–water partition coefficient (Wildman–Crippen LogP) is 3.13. The van der Waals surface area contributed by atoms with E-state index in [4.69, 9.17) is 4.98 Å². The summed E-state index contributed by atoms with van der Waals surface area (Å²) in [6, 6.07) is 18.0. The third-order valence-electron chi connectivity index (χ3n) is 4.84. The van der Waals surface area contributed by atoms with E-state index in [0.717, 1.165) is 35.0 Å². The molecule has 140 valence electrons. The molecular formula is C20H22N4O2S. The maximum atomic E-state index is 11.9. The van der Waals surface area contributed by atoms with Crippen LogP contribution in [0.25, 0.3) is 22.2 Å². The first-order valence-corrected chi connectivity index (χ1v) is 10.9. The van der Waals surface area contributed by atoms with Gasteiger partial charge in [0.25, 0.3) is 0 Å². The van der Waals surface area contributed by atoms with Gasteiger partial charge in [0.1, 0.15) is 0 Å². The number of fused-ring (bicyclic) bond motifs is 1. The van der Waals surface area contributed by atoms with E-state index >= 15 is 0 Å². The van der Waals surface area contributed by atoms with Crippen LogP contribution in [0.2, 0.25) is 0 Å². The van der Waals surface area contributed by atoms with Gasteiger partial charge in [-0.3, -0.25) is 0 Å². The number of hydrogen-bond acceptors (Lipinski definition) is 5. The molecule has 0 radical (unpaired) electrons. The summed E-state index contributed by atoms with van der Waals surface area (Å²) in [4.78, 5) is 9.41. The van der Waals surface area contributed by atoms with Crippen LogP contribution < -0.4 is 5.32 Å². The van der Waals surface area contributed by atoms with Gasteiger partial charge in [0.15, 0.2) is 0 Å². The Morgan fingerprint density at radius 3 is 2.56 bits per heavy atom. The second-order valence-corrected chi connectivity index (χ2v) is 8.87. The van der Waals surface area contributed by atoms with Crippen molar-refractivity contribution in [1.82, 2.24) is 14.3 Å². The number of benzene rings is 2. The van der Waals surface area contributed by atoms with Crippen molar-refractivity contribution in [3.63, 3.8) is 0 Å². The Balaban J connectivity index is 1.68. The lowest BCUT2D eigenvalue weighted by molar-refractivity contribution is 0.328. The molecule has 1 aromatic heterocycles. The van der Waals surface area contributed by atoms with Crippen LogP contribution in [0.4, 0.5) is 5.95 Å². The standard InChI is InChI=1S/C20H22N4O2S/c1-27(25,26)24-13-7-10-16(14-24)21-20-22-18-12-6-5-11-17(18)19(23-20)15-8-3-2-4-9-15/h2-6,8-9,11-12,16H,7,10,13-14H2,1H3,(H,21,22,23). The van der Waals surface area contributed by atoms with Crippen LogP contribution in [0, 0.1) is 0 Å². The van der Waals surface area contributed by atoms with Crippen molar-refractivity contribution in [3.8, 4) is 11.3 Å². The maximum Gasteiger partial charge on any atom is 0.224 e. The van der Waals surface area contributed by atoms with Crippen LogP contribution in [-0.4, -0.2) is 48.1 Å². The molecule has 1 unspecified atom stereocenters. The number of sulfonamides is 1. The molecule has 1 saturated heterocycles. The first-order valence-electron chi connectivity index (χ1n) is 9.04. The average Bonchev–Trinajstić information content (AvgIpc) is 2.68. The van der Waals surface area contributed by atoms with Gasteiger partial charge in [-0.1, -0.05) is 48.5 Å². The molecule has 6 nitrogen and oxygen atoms in total.